The molecule has 4 nitrogen and oxygen atoms in total. The maximum absolute atomic E-state index is 10.8. The Kier molecular flexibility index (Phi) is 1.60. The Bertz CT molecular complexity index is 269. The van der Waals surface area contributed by atoms with E-state index in [0.29, 0.717) is 18.6 Å². The fourth-order valence-electron chi connectivity index (χ4n) is 1.63. The van der Waals surface area contributed by atoms with Crippen molar-refractivity contribution in [2.75, 3.05) is 0 Å². The number of hydrogen-bond donors (Lipinski definition) is 1. The molecular weight excluding hydrogens is 158 g/mol. The molecule has 4 heteroatoms. The highest BCUT2D eigenvalue weighted by Gasteiger charge is 2.35. The molecule has 2 rings (SSSR count). The third-order valence-corrected chi connectivity index (χ3v) is 2.24. The van der Waals surface area contributed by atoms with Gasteiger partial charge in [0.2, 0.25) is 0 Å². The molecule has 1 fully saturated rings. The molecule has 1 heterocycles. The van der Waals surface area contributed by atoms with E-state index < -0.39 is 0 Å². The first-order chi connectivity index (χ1) is 5.79. The van der Waals surface area contributed by atoms with E-state index in [-0.39, 0.29) is 18.0 Å². The van der Waals surface area contributed by atoms with Crippen LogP contribution < -0.4 is 0 Å². The van der Waals surface area contributed by atoms with Gasteiger partial charge >= 0.3 is 5.97 Å². The van der Waals surface area contributed by atoms with Crippen molar-refractivity contribution in [1.82, 2.24) is 0 Å². The van der Waals surface area contributed by atoms with Crippen molar-refractivity contribution in [2.45, 2.75) is 18.9 Å². The predicted molar refractivity (Wildman–Crippen MR) is 41.0 cm³/mol. The van der Waals surface area contributed by atoms with Gasteiger partial charge < -0.3 is 9.94 Å². The van der Waals surface area contributed by atoms with Crippen LogP contribution in [0.1, 0.15) is 12.8 Å². The summed E-state index contributed by atoms with van der Waals surface area (Å²) in [4.78, 5) is 10.8. The van der Waals surface area contributed by atoms with Crippen LogP contribution in [0, 0.1) is 5.92 Å². The summed E-state index contributed by atoms with van der Waals surface area (Å²) in [7, 11) is 0. The molecular formula is C8H9NO3. The molecule has 12 heavy (non-hydrogen) atoms. The summed E-state index contributed by atoms with van der Waals surface area (Å²) in [5.41, 5.74) is 0.620. The molecule has 0 aromatic carbocycles. The summed E-state index contributed by atoms with van der Waals surface area (Å²) >= 11 is 0. The van der Waals surface area contributed by atoms with Gasteiger partial charge in [0.05, 0.1) is 12.1 Å². The first kappa shape index (κ1) is 7.34. The van der Waals surface area contributed by atoms with Gasteiger partial charge in [-0.3, -0.25) is 4.79 Å². The Morgan fingerprint density at radius 1 is 1.58 bits per heavy atom. The van der Waals surface area contributed by atoms with Crippen LogP contribution in [0.4, 0.5) is 0 Å². The van der Waals surface area contributed by atoms with Crippen LogP contribution in [0.15, 0.2) is 17.3 Å². The molecule has 2 atom stereocenters. The van der Waals surface area contributed by atoms with Crippen molar-refractivity contribution in [3.63, 3.8) is 0 Å². The van der Waals surface area contributed by atoms with Crippen molar-refractivity contribution in [2.24, 2.45) is 11.1 Å². The van der Waals surface area contributed by atoms with Gasteiger partial charge in [0.25, 0.3) is 0 Å². The van der Waals surface area contributed by atoms with E-state index in [1.807, 2.05) is 0 Å². The molecule has 0 spiro atoms. The number of esters is 1. The summed E-state index contributed by atoms with van der Waals surface area (Å²) in [5.74, 6) is 0.0160. The van der Waals surface area contributed by atoms with Crippen LogP contribution in [0.5, 0.6) is 0 Å². The number of carbonyl (C=O) groups is 1. The van der Waals surface area contributed by atoms with Gasteiger partial charge in [-0.2, -0.15) is 0 Å². The predicted octanol–water partition coefficient (Wildman–Crippen LogP) is 0.708. The minimum absolute atomic E-state index is 0.0944. The second-order valence-corrected chi connectivity index (χ2v) is 3.07. The molecule has 1 N–H and O–H groups in total. The highest BCUT2D eigenvalue weighted by molar-refractivity contribution is 5.96. The van der Waals surface area contributed by atoms with E-state index in [1.165, 1.54) is 0 Å². The van der Waals surface area contributed by atoms with Crippen LogP contribution in [0.2, 0.25) is 0 Å². The number of fused-ring (bicyclic) bond motifs is 1. The number of allylic oxidation sites excluding steroid dienone is 1. The van der Waals surface area contributed by atoms with Crippen LogP contribution in [-0.2, 0) is 9.53 Å². The number of carbonyl (C=O) groups excluding carboxylic acids is 1. The lowest BCUT2D eigenvalue weighted by molar-refractivity contribution is -0.140. The molecule has 1 aliphatic carbocycles. The summed E-state index contributed by atoms with van der Waals surface area (Å²) in [6.45, 7) is 0. The van der Waals surface area contributed by atoms with E-state index in [2.05, 4.69) is 5.16 Å². The Balaban J connectivity index is 2.18. The van der Waals surface area contributed by atoms with Gasteiger partial charge in [0, 0.05) is 12.3 Å². The highest BCUT2D eigenvalue weighted by Crippen LogP contribution is 2.29. The topological polar surface area (TPSA) is 58.9 Å². The monoisotopic (exact) mass is 167 g/mol. The second-order valence-electron chi connectivity index (χ2n) is 3.07. The second kappa shape index (κ2) is 2.62. The summed E-state index contributed by atoms with van der Waals surface area (Å²) in [6.07, 6.45) is 4.44. The van der Waals surface area contributed by atoms with Gasteiger partial charge in [0.15, 0.2) is 0 Å². The van der Waals surface area contributed by atoms with E-state index >= 15 is 0 Å². The van der Waals surface area contributed by atoms with Gasteiger partial charge in [-0.25, -0.2) is 0 Å². The number of oxime groups is 1. The Morgan fingerprint density at radius 2 is 2.42 bits per heavy atom. The molecule has 2 unspecified atom stereocenters. The SMILES string of the molecule is O=C1CC2CC(=NO)C=CC2O1. The molecule has 0 aromatic heterocycles. The lowest BCUT2D eigenvalue weighted by Gasteiger charge is -2.17. The van der Waals surface area contributed by atoms with E-state index in [1.54, 1.807) is 12.2 Å². The normalized spacial score (nSPS) is 36.7. The molecule has 0 amide bonds. The van der Waals surface area contributed by atoms with Crippen molar-refractivity contribution in [3.05, 3.63) is 12.2 Å². The first-order valence-electron chi connectivity index (χ1n) is 3.88. The lowest BCUT2D eigenvalue weighted by Crippen LogP contribution is -2.20. The maximum atomic E-state index is 10.8. The van der Waals surface area contributed by atoms with Crippen molar-refractivity contribution in [1.29, 1.82) is 0 Å². The number of rotatable bonds is 0. The average Bonchev–Trinajstić information content (AvgIpc) is 2.43. The Labute approximate surface area is 69.5 Å². The Hall–Kier alpha value is -1.32. The smallest absolute Gasteiger partial charge is 0.306 e. The summed E-state index contributed by atoms with van der Waals surface area (Å²) < 4.78 is 5.00. The standard InChI is InChI=1S/C8H9NO3/c10-8-4-5-3-6(9-11)1-2-7(5)12-8/h1-2,5,7,11H,3-4H2. The van der Waals surface area contributed by atoms with Gasteiger partial charge in [-0.05, 0) is 12.2 Å². The van der Waals surface area contributed by atoms with Crippen LogP contribution in [0.3, 0.4) is 0 Å². The Morgan fingerprint density at radius 3 is 3.17 bits per heavy atom. The highest BCUT2D eigenvalue weighted by atomic mass is 16.5. The van der Waals surface area contributed by atoms with Crippen LogP contribution in [-0.4, -0.2) is 23.0 Å². The van der Waals surface area contributed by atoms with E-state index in [9.17, 15) is 4.79 Å². The summed E-state index contributed by atoms with van der Waals surface area (Å²) in [6, 6.07) is 0. The fraction of sp³-hybridized carbons (Fsp3) is 0.500. The maximum Gasteiger partial charge on any atom is 0.306 e. The minimum Gasteiger partial charge on any atom is -0.458 e. The van der Waals surface area contributed by atoms with Crippen LogP contribution >= 0.6 is 0 Å². The van der Waals surface area contributed by atoms with Crippen molar-refractivity contribution < 1.29 is 14.7 Å². The van der Waals surface area contributed by atoms with Gasteiger partial charge in [0.1, 0.15) is 6.10 Å². The van der Waals surface area contributed by atoms with Crippen molar-refractivity contribution in [3.8, 4) is 0 Å². The zero-order chi connectivity index (χ0) is 8.55. The minimum atomic E-state index is -0.158. The third kappa shape index (κ3) is 1.09. The zero-order valence-corrected chi connectivity index (χ0v) is 6.43. The van der Waals surface area contributed by atoms with E-state index in [0.717, 1.165) is 0 Å². The molecule has 1 aliphatic heterocycles. The molecule has 64 valence electrons. The molecule has 0 radical (unpaired) electrons. The van der Waals surface area contributed by atoms with Crippen LogP contribution in [0.25, 0.3) is 0 Å². The average molecular weight is 167 g/mol. The van der Waals surface area contributed by atoms with Gasteiger partial charge in [-0.1, -0.05) is 5.16 Å². The number of ether oxygens (including phenoxy) is 1. The molecule has 1 saturated heterocycles. The summed E-state index contributed by atoms with van der Waals surface area (Å²) in [5, 5.41) is 11.6. The molecule has 0 bridgehead atoms. The van der Waals surface area contributed by atoms with E-state index in [4.69, 9.17) is 9.94 Å². The first-order valence-corrected chi connectivity index (χ1v) is 3.88. The number of hydrogen-bond acceptors (Lipinski definition) is 4. The molecule has 0 aromatic rings. The fourth-order valence-corrected chi connectivity index (χ4v) is 1.63. The largest absolute Gasteiger partial charge is 0.458 e. The quantitative estimate of drug-likeness (QED) is 0.328. The van der Waals surface area contributed by atoms with Gasteiger partial charge in [-0.15, -0.1) is 0 Å². The zero-order valence-electron chi connectivity index (χ0n) is 6.43. The van der Waals surface area contributed by atoms with Crippen molar-refractivity contribution >= 4 is 11.7 Å². The number of nitrogens with zero attached hydrogens (tertiary/aromatic N) is 1. The third-order valence-electron chi connectivity index (χ3n) is 2.24. The molecule has 0 saturated carbocycles. The molecule has 2 aliphatic rings. The lowest BCUT2D eigenvalue weighted by atomic mass is 9.90.